The Balaban J connectivity index is 1.78. The van der Waals surface area contributed by atoms with Crippen LogP contribution in [0.2, 0.25) is 0 Å². The Hall–Kier alpha value is -0.480. The van der Waals surface area contributed by atoms with E-state index >= 15 is 0 Å². The van der Waals surface area contributed by atoms with E-state index < -0.39 is 0 Å². The van der Waals surface area contributed by atoms with Gasteiger partial charge in [0, 0.05) is 10.2 Å². The quantitative estimate of drug-likeness (QED) is 0.825. The summed E-state index contributed by atoms with van der Waals surface area (Å²) < 4.78 is 1.10. The van der Waals surface area contributed by atoms with Crippen LogP contribution < -0.4 is 5.32 Å². The molecule has 0 aromatic heterocycles. The van der Waals surface area contributed by atoms with Gasteiger partial charge in [0.25, 0.3) is 0 Å². The normalized spacial score (nSPS) is 26.7. The number of aryl methyl sites for hydroxylation is 1. The van der Waals surface area contributed by atoms with Gasteiger partial charge in [0.15, 0.2) is 5.17 Å². The van der Waals surface area contributed by atoms with Gasteiger partial charge in [0.2, 0.25) is 0 Å². The number of anilines is 1. The maximum atomic E-state index is 4.86. The number of nitrogens with zero attached hydrogens (tertiary/aromatic N) is 1. The Kier molecular flexibility index (Phi) is 3.66. The minimum atomic E-state index is 0.567. The molecule has 3 rings (SSSR count). The van der Waals surface area contributed by atoms with E-state index in [-0.39, 0.29) is 0 Å². The molecule has 0 spiro atoms. The lowest BCUT2D eigenvalue weighted by molar-refractivity contribution is 0.535. The van der Waals surface area contributed by atoms with Gasteiger partial charge >= 0.3 is 0 Å². The standard InChI is InChI=1S/C14H17BrN2S/c1-9-5-6-11(15)13(7-9)17-14-16-12-4-2-3-10(12)8-18-14/h5-7,10,12H,2-4,8H2,1H3,(H,16,17). The van der Waals surface area contributed by atoms with Gasteiger partial charge < -0.3 is 5.32 Å². The summed E-state index contributed by atoms with van der Waals surface area (Å²) in [6.45, 7) is 2.11. The summed E-state index contributed by atoms with van der Waals surface area (Å²) in [4.78, 5) is 4.86. The summed E-state index contributed by atoms with van der Waals surface area (Å²) in [6, 6.07) is 6.92. The lowest BCUT2D eigenvalue weighted by Gasteiger charge is -2.23. The van der Waals surface area contributed by atoms with Gasteiger partial charge in [-0.05, 0) is 59.3 Å². The molecule has 2 nitrogen and oxygen atoms in total. The molecule has 1 saturated carbocycles. The third-order valence-electron chi connectivity index (χ3n) is 3.70. The number of fused-ring (bicyclic) bond motifs is 1. The Morgan fingerprint density at radius 2 is 2.28 bits per heavy atom. The van der Waals surface area contributed by atoms with Gasteiger partial charge in [0.05, 0.1) is 11.7 Å². The van der Waals surface area contributed by atoms with Gasteiger partial charge in [-0.1, -0.05) is 24.2 Å². The van der Waals surface area contributed by atoms with Gasteiger partial charge in [-0.2, -0.15) is 0 Å². The molecule has 0 saturated heterocycles. The molecule has 0 amide bonds. The molecule has 2 unspecified atom stereocenters. The zero-order valence-corrected chi connectivity index (χ0v) is 12.9. The molecular formula is C14H17BrN2S. The highest BCUT2D eigenvalue weighted by atomic mass is 79.9. The van der Waals surface area contributed by atoms with E-state index in [4.69, 9.17) is 4.99 Å². The number of hydrogen-bond acceptors (Lipinski definition) is 3. The third kappa shape index (κ3) is 2.59. The number of benzene rings is 1. The SMILES string of the molecule is Cc1ccc(Br)c(NC2=NC3CCCC3CS2)c1. The van der Waals surface area contributed by atoms with E-state index in [1.54, 1.807) is 0 Å². The number of thioether (sulfide) groups is 1. The first-order chi connectivity index (χ1) is 8.72. The number of hydrogen-bond donors (Lipinski definition) is 1. The fourth-order valence-corrected chi connectivity index (χ4v) is 4.17. The molecule has 1 aromatic rings. The van der Waals surface area contributed by atoms with E-state index in [0.717, 1.165) is 21.2 Å². The summed E-state index contributed by atoms with van der Waals surface area (Å²) in [5.74, 6) is 2.04. The van der Waals surface area contributed by atoms with Gasteiger partial charge in [-0.3, -0.25) is 4.99 Å². The number of nitrogens with one attached hydrogen (secondary N) is 1. The van der Waals surface area contributed by atoms with Crippen molar-refractivity contribution in [2.75, 3.05) is 11.1 Å². The number of rotatable bonds is 1. The highest BCUT2D eigenvalue weighted by molar-refractivity contribution is 9.10. The topological polar surface area (TPSA) is 24.4 Å². The van der Waals surface area contributed by atoms with Crippen molar-refractivity contribution in [3.63, 3.8) is 0 Å². The minimum absolute atomic E-state index is 0.567. The van der Waals surface area contributed by atoms with Crippen LogP contribution in [-0.2, 0) is 0 Å². The van der Waals surface area contributed by atoms with Crippen LogP contribution in [-0.4, -0.2) is 17.0 Å². The van der Waals surface area contributed by atoms with Crippen molar-refractivity contribution in [2.24, 2.45) is 10.9 Å². The Morgan fingerprint density at radius 3 is 3.17 bits per heavy atom. The first-order valence-electron chi connectivity index (χ1n) is 6.46. The van der Waals surface area contributed by atoms with Crippen molar-refractivity contribution in [2.45, 2.75) is 32.2 Å². The average molecular weight is 325 g/mol. The Morgan fingerprint density at radius 1 is 1.39 bits per heavy atom. The first-order valence-corrected chi connectivity index (χ1v) is 8.24. The molecule has 1 heterocycles. The average Bonchev–Trinajstić information content (AvgIpc) is 2.81. The smallest absolute Gasteiger partial charge is 0.161 e. The van der Waals surface area contributed by atoms with Crippen LogP contribution in [0.25, 0.3) is 0 Å². The fraction of sp³-hybridized carbons (Fsp3) is 0.500. The van der Waals surface area contributed by atoms with E-state index in [2.05, 4.69) is 46.4 Å². The van der Waals surface area contributed by atoms with E-state index in [1.165, 1.54) is 30.6 Å². The van der Waals surface area contributed by atoms with Crippen LogP contribution in [0.5, 0.6) is 0 Å². The number of amidine groups is 1. The minimum Gasteiger partial charge on any atom is -0.334 e. The van der Waals surface area contributed by atoms with Crippen LogP contribution in [0, 0.1) is 12.8 Å². The maximum absolute atomic E-state index is 4.86. The highest BCUT2D eigenvalue weighted by Crippen LogP contribution is 2.36. The van der Waals surface area contributed by atoms with Crippen molar-refractivity contribution >= 4 is 38.5 Å². The molecule has 96 valence electrons. The predicted octanol–water partition coefficient (Wildman–Crippen LogP) is 4.44. The second-order valence-corrected chi connectivity index (χ2v) is 6.97. The van der Waals surface area contributed by atoms with Gasteiger partial charge in [0.1, 0.15) is 0 Å². The second-order valence-electron chi connectivity index (χ2n) is 5.11. The molecule has 0 bridgehead atoms. The highest BCUT2D eigenvalue weighted by Gasteiger charge is 2.31. The summed E-state index contributed by atoms with van der Waals surface area (Å²) >= 11 is 5.45. The molecule has 2 atom stereocenters. The van der Waals surface area contributed by atoms with Crippen LogP contribution in [0.4, 0.5) is 5.69 Å². The maximum Gasteiger partial charge on any atom is 0.161 e. The largest absolute Gasteiger partial charge is 0.334 e. The number of aliphatic imine (C=N–C) groups is 1. The molecule has 1 N–H and O–H groups in total. The molecule has 1 fully saturated rings. The van der Waals surface area contributed by atoms with Crippen LogP contribution in [0.1, 0.15) is 24.8 Å². The first kappa shape index (κ1) is 12.5. The molecular weight excluding hydrogens is 308 g/mol. The predicted molar refractivity (Wildman–Crippen MR) is 83.5 cm³/mol. The van der Waals surface area contributed by atoms with Gasteiger partial charge in [-0.15, -0.1) is 0 Å². The van der Waals surface area contributed by atoms with Crippen LogP contribution >= 0.6 is 27.7 Å². The lowest BCUT2D eigenvalue weighted by Crippen LogP contribution is -2.25. The molecule has 2 aliphatic rings. The molecule has 4 heteroatoms. The van der Waals surface area contributed by atoms with Crippen molar-refractivity contribution in [1.82, 2.24) is 0 Å². The fourth-order valence-electron chi connectivity index (χ4n) is 2.67. The Bertz CT molecular complexity index is 487. The molecule has 1 aromatic carbocycles. The number of halogens is 1. The molecule has 0 radical (unpaired) electrons. The Labute approximate surface area is 121 Å². The van der Waals surface area contributed by atoms with Crippen molar-refractivity contribution in [1.29, 1.82) is 0 Å². The molecule has 1 aliphatic carbocycles. The van der Waals surface area contributed by atoms with Crippen LogP contribution in [0.3, 0.4) is 0 Å². The monoisotopic (exact) mass is 324 g/mol. The van der Waals surface area contributed by atoms with Gasteiger partial charge in [-0.25, -0.2) is 0 Å². The summed E-state index contributed by atoms with van der Waals surface area (Å²) in [6.07, 6.45) is 3.98. The molecule has 18 heavy (non-hydrogen) atoms. The van der Waals surface area contributed by atoms with Crippen molar-refractivity contribution in [3.05, 3.63) is 28.2 Å². The summed E-state index contributed by atoms with van der Waals surface area (Å²) in [5.41, 5.74) is 2.39. The van der Waals surface area contributed by atoms with E-state index in [0.29, 0.717) is 6.04 Å². The zero-order chi connectivity index (χ0) is 12.5. The third-order valence-corrected chi connectivity index (χ3v) is 5.47. The second kappa shape index (κ2) is 5.25. The van der Waals surface area contributed by atoms with E-state index in [1.807, 2.05) is 11.8 Å². The summed E-state index contributed by atoms with van der Waals surface area (Å²) in [7, 11) is 0. The van der Waals surface area contributed by atoms with Crippen LogP contribution in [0.15, 0.2) is 27.7 Å². The zero-order valence-electron chi connectivity index (χ0n) is 10.4. The lowest BCUT2D eigenvalue weighted by atomic mass is 10.1. The van der Waals surface area contributed by atoms with E-state index in [9.17, 15) is 0 Å². The van der Waals surface area contributed by atoms with Crippen molar-refractivity contribution in [3.8, 4) is 0 Å². The summed E-state index contributed by atoms with van der Waals surface area (Å²) in [5, 5.41) is 4.56. The molecule has 1 aliphatic heterocycles. The van der Waals surface area contributed by atoms with Crippen molar-refractivity contribution < 1.29 is 0 Å².